The quantitative estimate of drug-likeness (QED) is 0.750. The van der Waals surface area contributed by atoms with Crippen molar-refractivity contribution < 1.29 is 9.53 Å². The van der Waals surface area contributed by atoms with Crippen molar-refractivity contribution in [2.45, 2.75) is 60.0 Å². The molecule has 0 aliphatic heterocycles. The van der Waals surface area contributed by atoms with Gasteiger partial charge in [-0.1, -0.05) is 51.1 Å². The lowest BCUT2D eigenvalue weighted by molar-refractivity contribution is -0.122. The van der Waals surface area contributed by atoms with Gasteiger partial charge in [0.15, 0.2) is 6.10 Å². The van der Waals surface area contributed by atoms with Gasteiger partial charge in [0.1, 0.15) is 5.75 Å². The van der Waals surface area contributed by atoms with E-state index in [4.69, 9.17) is 4.74 Å². The highest BCUT2D eigenvalue weighted by atomic mass is 16.5. The van der Waals surface area contributed by atoms with E-state index in [1.54, 1.807) is 0 Å². The van der Waals surface area contributed by atoms with Crippen molar-refractivity contribution in [1.82, 2.24) is 0 Å². The van der Waals surface area contributed by atoms with Crippen LogP contribution in [0.2, 0.25) is 0 Å². The second kappa shape index (κ2) is 8.70. The van der Waals surface area contributed by atoms with Crippen LogP contribution in [0.4, 0.5) is 5.69 Å². The van der Waals surface area contributed by atoms with E-state index >= 15 is 0 Å². The van der Waals surface area contributed by atoms with Crippen molar-refractivity contribution in [3.63, 3.8) is 0 Å². The zero-order chi connectivity index (χ0) is 18.4. The van der Waals surface area contributed by atoms with Crippen molar-refractivity contribution >= 4 is 11.6 Å². The van der Waals surface area contributed by atoms with Gasteiger partial charge in [0, 0.05) is 5.69 Å². The van der Waals surface area contributed by atoms with Crippen LogP contribution in [0, 0.1) is 13.8 Å². The molecule has 0 bridgehead atoms. The first-order valence-electron chi connectivity index (χ1n) is 9.15. The molecule has 0 fully saturated rings. The van der Waals surface area contributed by atoms with E-state index in [2.05, 4.69) is 37.4 Å². The van der Waals surface area contributed by atoms with Crippen molar-refractivity contribution in [3.05, 3.63) is 58.7 Å². The van der Waals surface area contributed by atoms with Gasteiger partial charge in [-0.3, -0.25) is 4.79 Å². The molecule has 0 heterocycles. The maximum Gasteiger partial charge on any atom is 0.265 e. The van der Waals surface area contributed by atoms with E-state index in [9.17, 15) is 4.79 Å². The monoisotopic (exact) mass is 339 g/mol. The summed E-state index contributed by atoms with van der Waals surface area (Å²) < 4.78 is 6.04. The topological polar surface area (TPSA) is 38.3 Å². The summed E-state index contributed by atoms with van der Waals surface area (Å²) in [6.45, 7) is 10.2. The number of carbonyl (C=O) groups is 1. The van der Waals surface area contributed by atoms with Crippen molar-refractivity contribution in [2.24, 2.45) is 0 Å². The minimum absolute atomic E-state index is 0.0843. The van der Waals surface area contributed by atoms with Gasteiger partial charge in [-0.15, -0.1) is 0 Å². The molecule has 2 rings (SSSR count). The zero-order valence-electron chi connectivity index (χ0n) is 16.0. The number of amides is 1. The number of anilines is 1. The molecule has 0 radical (unpaired) electrons. The SMILES string of the molecule is CCc1cccc(CC)c1NC(=O)[C@H](CC)Oc1cc(C)ccc1C. The summed E-state index contributed by atoms with van der Waals surface area (Å²) in [5.41, 5.74) is 5.43. The van der Waals surface area contributed by atoms with Gasteiger partial charge < -0.3 is 10.1 Å². The number of benzene rings is 2. The van der Waals surface area contributed by atoms with Crippen LogP contribution >= 0.6 is 0 Å². The third-order valence-electron chi connectivity index (χ3n) is 4.52. The second-order valence-electron chi connectivity index (χ2n) is 6.43. The van der Waals surface area contributed by atoms with E-state index in [1.807, 2.05) is 39.0 Å². The molecule has 2 aromatic carbocycles. The van der Waals surface area contributed by atoms with E-state index in [1.165, 1.54) is 0 Å². The molecule has 134 valence electrons. The van der Waals surface area contributed by atoms with E-state index in [-0.39, 0.29) is 5.91 Å². The average molecular weight is 339 g/mol. The molecule has 0 aliphatic carbocycles. The van der Waals surface area contributed by atoms with Crippen LogP contribution in [-0.4, -0.2) is 12.0 Å². The first-order chi connectivity index (χ1) is 12.0. The van der Waals surface area contributed by atoms with Crippen LogP contribution < -0.4 is 10.1 Å². The second-order valence-corrected chi connectivity index (χ2v) is 6.43. The van der Waals surface area contributed by atoms with Gasteiger partial charge in [-0.2, -0.15) is 0 Å². The van der Waals surface area contributed by atoms with Crippen LogP contribution in [0.1, 0.15) is 49.4 Å². The van der Waals surface area contributed by atoms with Crippen molar-refractivity contribution in [2.75, 3.05) is 5.32 Å². The summed E-state index contributed by atoms with van der Waals surface area (Å²) in [5, 5.41) is 3.12. The van der Waals surface area contributed by atoms with Crippen LogP contribution in [0.3, 0.4) is 0 Å². The molecule has 25 heavy (non-hydrogen) atoms. The largest absolute Gasteiger partial charge is 0.480 e. The van der Waals surface area contributed by atoms with Gasteiger partial charge in [0.2, 0.25) is 0 Å². The van der Waals surface area contributed by atoms with E-state index < -0.39 is 6.10 Å². The number of carbonyl (C=O) groups excluding carboxylic acids is 1. The minimum Gasteiger partial charge on any atom is -0.480 e. The fraction of sp³-hybridized carbons (Fsp3) is 0.409. The van der Waals surface area contributed by atoms with Gasteiger partial charge in [-0.25, -0.2) is 0 Å². The van der Waals surface area contributed by atoms with Crippen LogP contribution in [0.25, 0.3) is 0 Å². The lowest BCUT2D eigenvalue weighted by Gasteiger charge is -2.21. The molecule has 0 saturated carbocycles. The van der Waals surface area contributed by atoms with E-state index in [0.29, 0.717) is 6.42 Å². The standard InChI is InChI=1S/C22H29NO2/c1-6-17-10-9-11-18(7-2)21(17)23-22(24)19(8-3)25-20-14-15(4)12-13-16(20)5/h9-14,19H,6-8H2,1-5H3,(H,23,24)/t19-/m0/s1. The smallest absolute Gasteiger partial charge is 0.265 e. The maximum atomic E-state index is 12.8. The number of aryl methyl sites for hydroxylation is 4. The van der Waals surface area contributed by atoms with Gasteiger partial charge in [0.05, 0.1) is 0 Å². The van der Waals surface area contributed by atoms with Gasteiger partial charge in [-0.05, 0) is 61.4 Å². The lowest BCUT2D eigenvalue weighted by atomic mass is 10.0. The molecule has 0 aromatic heterocycles. The summed E-state index contributed by atoms with van der Waals surface area (Å²) in [5.74, 6) is 0.695. The number of hydrogen-bond donors (Lipinski definition) is 1. The van der Waals surface area contributed by atoms with Crippen molar-refractivity contribution in [3.8, 4) is 5.75 Å². The number of rotatable bonds is 7. The van der Waals surface area contributed by atoms with Gasteiger partial charge in [0.25, 0.3) is 5.91 Å². The Labute approximate surface area is 151 Å². The lowest BCUT2D eigenvalue weighted by Crippen LogP contribution is -2.33. The first-order valence-corrected chi connectivity index (χ1v) is 9.15. The fourth-order valence-electron chi connectivity index (χ4n) is 2.92. The molecule has 1 N–H and O–H groups in total. The molecule has 0 saturated heterocycles. The highest BCUT2D eigenvalue weighted by Crippen LogP contribution is 2.25. The van der Waals surface area contributed by atoms with E-state index in [0.717, 1.165) is 46.5 Å². The molecule has 3 nitrogen and oxygen atoms in total. The fourth-order valence-corrected chi connectivity index (χ4v) is 2.92. The molecule has 0 aliphatic rings. The average Bonchev–Trinajstić information content (AvgIpc) is 2.62. The molecule has 0 unspecified atom stereocenters. The number of ether oxygens (including phenoxy) is 1. The Morgan fingerprint density at radius 1 is 1.04 bits per heavy atom. The molecule has 1 atom stereocenters. The molecule has 0 spiro atoms. The molecule has 2 aromatic rings. The summed E-state index contributed by atoms with van der Waals surface area (Å²) in [4.78, 5) is 12.8. The number of para-hydroxylation sites is 1. The predicted molar refractivity (Wildman–Crippen MR) is 104 cm³/mol. The third-order valence-corrected chi connectivity index (χ3v) is 4.52. The number of nitrogens with one attached hydrogen (secondary N) is 1. The molecular weight excluding hydrogens is 310 g/mol. The summed E-state index contributed by atoms with van der Waals surface area (Å²) >= 11 is 0. The number of hydrogen-bond acceptors (Lipinski definition) is 2. The zero-order valence-corrected chi connectivity index (χ0v) is 16.0. The minimum atomic E-state index is -0.505. The highest BCUT2D eigenvalue weighted by molar-refractivity contribution is 5.95. The van der Waals surface area contributed by atoms with Crippen LogP contribution in [0.5, 0.6) is 5.75 Å². The Bertz CT molecular complexity index is 715. The Morgan fingerprint density at radius 3 is 2.24 bits per heavy atom. The Hall–Kier alpha value is -2.29. The molecular formula is C22H29NO2. The molecule has 1 amide bonds. The predicted octanol–water partition coefficient (Wildman–Crippen LogP) is 5.22. The Kier molecular flexibility index (Phi) is 6.63. The van der Waals surface area contributed by atoms with Crippen LogP contribution in [0.15, 0.2) is 36.4 Å². The third kappa shape index (κ3) is 4.62. The highest BCUT2D eigenvalue weighted by Gasteiger charge is 2.21. The van der Waals surface area contributed by atoms with Gasteiger partial charge >= 0.3 is 0 Å². The summed E-state index contributed by atoms with van der Waals surface area (Å²) in [7, 11) is 0. The van der Waals surface area contributed by atoms with Crippen LogP contribution in [-0.2, 0) is 17.6 Å². The summed E-state index contributed by atoms with van der Waals surface area (Å²) in [6.07, 6.45) is 1.89. The molecule has 3 heteroatoms. The van der Waals surface area contributed by atoms with Crippen molar-refractivity contribution in [1.29, 1.82) is 0 Å². The Balaban J connectivity index is 2.22. The first kappa shape index (κ1) is 19.0. The Morgan fingerprint density at radius 2 is 1.68 bits per heavy atom. The maximum absolute atomic E-state index is 12.8. The summed E-state index contributed by atoms with van der Waals surface area (Å²) in [6, 6.07) is 12.3. The normalized spacial score (nSPS) is 11.9.